The van der Waals surface area contributed by atoms with Gasteiger partial charge in [-0.05, 0) is 63.6 Å². The minimum atomic E-state index is -0.583. The number of hydrogen-bond acceptors (Lipinski definition) is 4. The fourth-order valence-corrected chi connectivity index (χ4v) is 5.57. The van der Waals surface area contributed by atoms with Gasteiger partial charge in [0.1, 0.15) is 11.5 Å². The summed E-state index contributed by atoms with van der Waals surface area (Å²) in [5, 5.41) is 11.0. The Morgan fingerprint density at radius 2 is 1.92 bits per heavy atom. The molecule has 0 unspecified atom stereocenters. The number of fused-ring (bicyclic) bond motifs is 5. The summed E-state index contributed by atoms with van der Waals surface area (Å²) in [4.78, 5) is 25.0. The summed E-state index contributed by atoms with van der Waals surface area (Å²) in [6.45, 7) is 7.60. The van der Waals surface area contributed by atoms with Crippen molar-refractivity contribution in [2.75, 3.05) is 0 Å². The maximum atomic E-state index is 13.4. The van der Waals surface area contributed by atoms with Gasteiger partial charge in [-0.1, -0.05) is 17.7 Å². The summed E-state index contributed by atoms with van der Waals surface area (Å²) in [6.07, 6.45) is 2.51. The number of benzene rings is 1. The van der Waals surface area contributed by atoms with Crippen LogP contribution in [0.5, 0.6) is 0 Å². The van der Waals surface area contributed by atoms with Crippen LogP contribution in [-0.4, -0.2) is 28.4 Å². The molecule has 2 bridgehead atoms. The molecule has 0 saturated carbocycles. The molecule has 1 aromatic carbocycles. The number of aliphatic hydroxyl groups excluding tert-OH is 1. The lowest BCUT2D eigenvalue weighted by Crippen LogP contribution is -2.40. The maximum absolute atomic E-state index is 13.4. The summed E-state index contributed by atoms with van der Waals surface area (Å²) in [6, 6.07) is 4.11. The Bertz CT molecular complexity index is 827. The minimum Gasteiger partial charge on any atom is -0.511 e. The third kappa shape index (κ3) is 2.31. The number of aliphatic hydroxyl groups is 1. The van der Waals surface area contributed by atoms with Crippen LogP contribution in [0.25, 0.3) is 5.57 Å². The first-order valence-corrected chi connectivity index (χ1v) is 9.48. The highest BCUT2D eigenvalue weighted by Crippen LogP contribution is 2.60. The third-order valence-corrected chi connectivity index (χ3v) is 6.49. The lowest BCUT2D eigenvalue weighted by molar-refractivity contribution is -0.125. The molecule has 1 N–H and O–H groups in total. The molecule has 0 aromatic heterocycles. The topological polar surface area (TPSA) is 63.6 Å². The number of ketones is 2. The van der Waals surface area contributed by atoms with Crippen LogP contribution in [0.3, 0.4) is 0 Å². The maximum Gasteiger partial charge on any atom is 0.173 e. The lowest BCUT2D eigenvalue weighted by Gasteiger charge is -2.32. The van der Waals surface area contributed by atoms with Crippen LogP contribution >= 0.6 is 0 Å². The number of allylic oxidation sites excluding steroid dienone is 1. The van der Waals surface area contributed by atoms with Crippen molar-refractivity contribution in [2.45, 2.75) is 65.1 Å². The summed E-state index contributed by atoms with van der Waals surface area (Å²) in [5.74, 6) is -0.297. The zero-order valence-electron chi connectivity index (χ0n) is 15.9. The number of Topliss-reactive ketones (excluding diaryl/α,β-unsaturated/α-hetero) is 2. The fraction of sp³-hybridized carbons (Fsp3) is 0.545. The van der Waals surface area contributed by atoms with Crippen molar-refractivity contribution in [2.24, 2.45) is 11.8 Å². The van der Waals surface area contributed by atoms with Crippen LogP contribution in [0.15, 0.2) is 17.9 Å². The Morgan fingerprint density at radius 3 is 2.54 bits per heavy atom. The standard InChI is InChI=1S/C22H26O4/c1-11-9-12(2)16(13(3)10-11)18-20(24)17-15-6-8-22(26-15,7-5-14(4)23)19(17)21(18)25/h9-10,15,17,19,24H,5-8H2,1-4H3/t15-,17-,19+,22+/m0/s1. The van der Waals surface area contributed by atoms with E-state index in [0.29, 0.717) is 18.4 Å². The number of aryl methyl sites for hydroxylation is 3. The van der Waals surface area contributed by atoms with Crippen molar-refractivity contribution in [3.8, 4) is 0 Å². The van der Waals surface area contributed by atoms with E-state index in [1.54, 1.807) is 6.92 Å². The Balaban J connectivity index is 1.78. The van der Waals surface area contributed by atoms with Crippen LogP contribution in [0.1, 0.15) is 54.9 Å². The predicted molar refractivity (Wildman–Crippen MR) is 98.9 cm³/mol. The lowest BCUT2D eigenvalue weighted by atomic mass is 9.70. The van der Waals surface area contributed by atoms with Gasteiger partial charge in [0.05, 0.1) is 29.1 Å². The van der Waals surface area contributed by atoms with Gasteiger partial charge in [-0.15, -0.1) is 0 Å². The van der Waals surface area contributed by atoms with E-state index in [9.17, 15) is 14.7 Å². The molecule has 4 nitrogen and oxygen atoms in total. The highest BCUT2D eigenvalue weighted by molar-refractivity contribution is 6.26. The Labute approximate surface area is 154 Å². The van der Waals surface area contributed by atoms with Gasteiger partial charge in [0.15, 0.2) is 5.78 Å². The molecule has 2 aliphatic heterocycles. The van der Waals surface area contributed by atoms with Gasteiger partial charge in [0.2, 0.25) is 0 Å². The van der Waals surface area contributed by atoms with Gasteiger partial charge < -0.3 is 14.6 Å². The first-order valence-electron chi connectivity index (χ1n) is 9.48. The van der Waals surface area contributed by atoms with Crippen molar-refractivity contribution in [3.05, 3.63) is 40.1 Å². The number of carbonyl (C=O) groups is 2. The molecular formula is C22H26O4. The zero-order valence-corrected chi connectivity index (χ0v) is 15.9. The van der Waals surface area contributed by atoms with E-state index < -0.39 is 5.60 Å². The van der Waals surface area contributed by atoms with Crippen molar-refractivity contribution in [1.82, 2.24) is 0 Å². The van der Waals surface area contributed by atoms with E-state index in [2.05, 4.69) is 12.1 Å². The Kier molecular flexibility index (Phi) is 3.88. The summed E-state index contributed by atoms with van der Waals surface area (Å²) >= 11 is 0. The molecule has 1 aliphatic carbocycles. The molecule has 4 atom stereocenters. The molecule has 26 heavy (non-hydrogen) atoms. The normalized spacial score (nSPS) is 32.5. The molecular weight excluding hydrogens is 328 g/mol. The smallest absolute Gasteiger partial charge is 0.173 e. The second-order valence-electron chi connectivity index (χ2n) is 8.36. The Morgan fingerprint density at radius 1 is 1.27 bits per heavy atom. The molecule has 2 fully saturated rings. The molecule has 4 rings (SSSR count). The largest absolute Gasteiger partial charge is 0.511 e. The van der Waals surface area contributed by atoms with Crippen molar-refractivity contribution in [1.29, 1.82) is 0 Å². The molecule has 0 spiro atoms. The Hall–Kier alpha value is -1.94. The van der Waals surface area contributed by atoms with Crippen LogP contribution in [0.2, 0.25) is 0 Å². The van der Waals surface area contributed by atoms with Gasteiger partial charge in [0, 0.05) is 6.42 Å². The number of ether oxygens (including phenoxy) is 1. The van der Waals surface area contributed by atoms with E-state index >= 15 is 0 Å². The van der Waals surface area contributed by atoms with Crippen molar-refractivity contribution in [3.63, 3.8) is 0 Å². The average Bonchev–Trinajstić information content (AvgIpc) is 3.18. The number of hydrogen-bond donors (Lipinski definition) is 1. The van der Waals surface area contributed by atoms with Crippen molar-refractivity contribution < 1.29 is 19.4 Å². The van der Waals surface area contributed by atoms with Gasteiger partial charge in [-0.2, -0.15) is 0 Å². The number of carbonyl (C=O) groups excluding carboxylic acids is 2. The van der Waals surface area contributed by atoms with Crippen molar-refractivity contribution >= 4 is 17.1 Å². The molecule has 0 amide bonds. The molecule has 4 heteroatoms. The van der Waals surface area contributed by atoms with Gasteiger partial charge in [-0.3, -0.25) is 4.79 Å². The van der Waals surface area contributed by atoms with Gasteiger partial charge in [0.25, 0.3) is 0 Å². The summed E-state index contributed by atoms with van der Waals surface area (Å²) in [5.41, 5.74) is 3.95. The summed E-state index contributed by atoms with van der Waals surface area (Å²) < 4.78 is 6.21. The summed E-state index contributed by atoms with van der Waals surface area (Å²) in [7, 11) is 0. The monoisotopic (exact) mass is 354 g/mol. The highest BCUT2D eigenvalue weighted by atomic mass is 16.5. The van der Waals surface area contributed by atoms with Crippen LogP contribution in [0, 0.1) is 32.6 Å². The quantitative estimate of drug-likeness (QED) is 0.888. The van der Waals surface area contributed by atoms with Gasteiger partial charge in [-0.25, -0.2) is 0 Å². The second-order valence-corrected chi connectivity index (χ2v) is 8.36. The molecule has 2 saturated heterocycles. The van der Waals surface area contributed by atoms with Gasteiger partial charge >= 0.3 is 0 Å². The predicted octanol–water partition coefficient (Wildman–Crippen LogP) is 4.00. The van der Waals surface area contributed by atoms with E-state index in [4.69, 9.17) is 4.74 Å². The van der Waals surface area contributed by atoms with E-state index in [-0.39, 0.29) is 35.3 Å². The minimum absolute atomic E-state index is 0.00620. The zero-order chi connectivity index (χ0) is 18.8. The third-order valence-electron chi connectivity index (χ3n) is 6.49. The molecule has 138 valence electrons. The molecule has 2 heterocycles. The average molecular weight is 354 g/mol. The molecule has 0 radical (unpaired) electrons. The fourth-order valence-electron chi connectivity index (χ4n) is 5.57. The van der Waals surface area contributed by atoms with Crippen LogP contribution in [-0.2, 0) is 14.3 Å². The van der Waals surface area contributed by atoms with E-state index in [0.717, 1.165) is 35.1 Å². The SMILES string of the molecule is CC(=O)CC[C@]12CC[C@H](O1)[C@@H]1C(O)=C(c3c(C)cc(C)cc3C)C(=O)[C@@H]12. The molecule has 1 aromatic rings. The van der Waals surface area contributed by atoms with E-state index in [1.165, 1.54) is 0 Å². The first kappa shape index (κ1) is 17.5. The van der Waals surface area contributed by atoms with Crippen LogP contribution in [0.4, 0.5) is 0 Å². The second kappa shape index (κ2) is 5.78. The molecule has 3 aliphatic rings. The van der Waals surface area contributed by atoms with Crippen LogP contribution < -0.4 is 0 Å². The first-order chi connectivity index (χ1) is 12.2. The highest BCUT2D eigenvalue weighted by Gasteiger charge is 2.66. The number of rotatable bonds is 4. The van der Waals surface area contributed by atoms with E-state index in [1.807, 2.05) is 20.8 Å².